The van der Waals surface area contributed by atoms with Crippen LogP contribution >= 0.6 is 0 Å². The first-order valence-corrected chi connectivity index (χ1v) is 10.9. The Morgan fingerprint density at radius 3 is 2.29 bits per heavy atom. The molecule has 2 aromatic carbocycles. The molecule has 0 atom stereocenters. The zero-order valence-electron chi connectivity index (χ0n) is 17.5. The second-order valence-corrected chi connectivity index (χ2v) is 7.91. The van der Waals surface area contributed by atoms with Gasteiger partial charge in [-0.2, -0.15) is 10.4 Å². The number of nitrogens with one attached hydrogen (secondary N) is 1. The van der Waals surface area contributed by atoms with Gasteiger partial charge in [-0.3, -0.25) is 4.79 Å². The molecule has 0 aliphatic heterocycles. The molecule has 1 heterocycles. The Morgan fingerprint density at radius 1 is 1.00 bits per heavy atom. The van der Waals surface area contributed by atoms with Gasteiger partial charge in [-0.1, -0.05) is 74.2 Å². The van der Waals surface area contributed by atoms with Crippen LogP contribution in [0.3, 0.4) is 0 Å². The fourth-order valence-corrected chi connectivity index (χ4v) is 4.02. The van der Waals surface area contributed by atoms with Crippen LogP contribution in [0.25, 0.3) is 23.0 Å². The minimum absolute atomic E-state index is 0.106. The molecule has 0 radical (unpaired) electrons. The van der Waals surface area contributed by atoms with E-state index in [4.69, 9.17) is 5.10 Å². The summed E-state index contributed by atoms with van der Waals surface area (Å²) >= 11 is 0. The maximum absolute atomic E-state index is 12.9. The van der Waals surface area contributed by atoms with Gasteiger partial charge in [-0.05, 0) is 31.1 Å². The first kappa shape index (κ1) is 20.6. The van der Waals surface area contributed by atoms with Crippen LogP contribution in [0.15, 0.2) is 72.4 Å². The lowest BCUT2D eigenvalue weighted by Gasteiger charge is -2.15. The fourth-order valence-electron chi connectivity index (χ4n) is 4.02. The highest BCUT2D eigenvalue weighted by molar-refractivity contribution is 6.02. The van der Waals surface area contributed by atoms with Crippen molar-refractivity contribution in [1.82, 2.24) is 15.1 Å². The molecule has 4 rings (SSSR count). The van der Waals surface area contributed by atoms with Crippen LogP contribution < -0.4 is 5.32 Å². The molecule has 1 saturated carbocycles. The van der Waals surface area contributed by atoms with E-state index in [2.05, 4.69) is 11.4 Å². The van der Waals surface area contributed by atoms with Gasteiger partial charge in [0.05, 0.1) is 11.4 Å². The summed E-state index contributed by atoms with van der Waals surface area (Å²) in [7, 11) is 0. The quantitative estimate of drug-likeness (QED) is 0.353. The number of hydrogen-bond donors (Lipinski definition) is 1. The van der Waals surface area contributed by atoms with Gasteiger partial charge in [-0.15, -0.1) is 0 Å². The number of hydrogen-bond acceptors (Lipinski definition) is 3. The summed E-state index contributed by atoms with van der Waals surface area (Å²) in [6, 6.07) is 21.9. The third kappa shape index (κ3) is 5.10. The molecule has 0 saturated heterocycles. The monoisotopic (exact) mass is 410 g/mol. The number of amides is 1. The van der Waals surface area contributed by atoms with Gasteiger partial charge < -0.3 is 5.32 Å². The smallest absolute Gasteiger partial charge is 0.262 e. The highest BCUT2D eigenvalue weighted by atomic mass is 16.1. The van der Waals surface area contributed by atoms with E-state index in [1.165, 1.54) is 12.8 Å². The Bertz CT molecular complexity index is 1090. The molecule has 3 aromatic rings. The molecule has 1 amide bonds. The SMILES string of the molecule is N#C/C(=C\c1cn(-c2ccccc2)nc1-c1ccccc1)C(=O)NC1CCCCCC1. The maximum Gasteiger partial charge on any atom is 0.262 e. The molecule has 1 N–H and O–H groups in total. The molecular formula is C26H26N4O. The Balaban J connectivity index is 1.67. The molecule has 1 aliphatic rings. The summed E-state index contributed by atoms with van der Waals surface area (Å²) in [6.07, 6.45) is 10.2. The Morgan fingerprint density at radius 2 is 1.65 bits per heavy atom. The number of rotatable bonds is 5. The molecule has 5 heteroatoms. The summed E-state index contributed by atoms with van der Waals surface area (Å²) in [5.74, 6) is -0.305. The largest absolute Gasteiger partial charge is 0.349 e. The average molecular weight is 411 g/mol. The van der Waals surface area contributed by atoms with E-state index in [-0.39, 0.29) is 17.5 Å². The van der Waals surface area contributed by atoms with Crippen LogP contribution in [-0.2, 0) is 4.79 Å². The zero-order chi connectivity index (χ0) is 21.5. The number of benzene rings is 2. The van der Waals surface area contributed by atoms with Gasteiger partial charge >= 0.3 is 0 Å². The number of carbonyl (C=O) groups is 1. The van der Waals surface area contributed by atoms with Crippen molar-refractivity contribution < 1.29 is 4.79 Å². The Hall–Kier alpha value is -3.65. The van der Waals surface area contributed by atoms with Crippen LogP contribution in [0.2, 0.25) is 0 Å². The van der Waals surface area contributed by atoms with E-state index < -0.39 is 0 Å². The lowest BCUT2D eigenvalue weighted by atomic mass is 10.0. The van der Waals surface area contributed by atoms with E-state index in [0.717, 1.165) is 48.2 Å². The second kappa shape index (κ2) is 9.90. The summed E-state index contributed by atoms with van der Waals surface area (Å²) in [4.78, 5) is 12.9. The van der Waals surface area contributed by atoms with Gasteiger partial charge in [-0.25, -0.2) is 4.68 Å². The first-order chi connectivity index (χ1) is 15.2. The van der Waals surface area contributed by atoms with Crippen LogP contribution in [0.1, 0.15) is 44.1 Å². The molecular weight excluding hydrogens is 384 g/mol. The van der Waals surface area contributed by atoms with Crippen LogP contribution in [-0.4, -0.2) is 21.7 Å². The Kier molecular flexibility index (Phi) is 6.59. The van der Waals surface area contributed by atoms with E-state index >= 15 is 0 Å². The minimum atomic E-state index is -0.305. The number of aromatic nitrogens is 2. The summed E-state index contributed by atoms with van der Waals surface area (Å²) in [5, 5.41) is 17.5. The van der Waals surface area contributed by atoms with Gasteiger partial charge in [0.15, 0.2) is 0 Å². The van der Waals surface area contributed by atoms with E-state index in [0.29, 0.717) is 0 Å². The molecule has 0 spiro atoms. The van der Waals surface area contributed by atoms with E-state index in [1.807, 2.05) is 66.9 Å². The van der Waals surface area contributed by atoms with Crippen molar-refractivity contribution >= 4 is 12.0 Å². The average Bonchev–Trinajstić information content (AvgIpc) is 3.07. The maximum atomic E-state index is 12.9. The lowest BCUT2D eigenvalue weighted by Crippen LogP contribution is -2.35. The normalized spacial score (nSPS) is 15.1. The first-order valence-electron chi connectivity index (χ1n) is 10.9. The Labute approximate surface area is 183 Å². The van der Waals surface area contributed by atoms with E-state index in [1.54, 1.807) is 10.8 Å². The number of nitriles is 1. The van der Waals surface area contributed by atoms with Crippen LogP contribution in [0.5, 0.6) is 0 Å². The number of para-hydroxylation sites is 1. The molecule has 31 heavy (non-hydrogen) atoms. The molecule has 1 aliphatic carbocycles. The van der Waals surface area contributed by atoms with Crippen molar-refractivity contribution in [3.63, 3.8) is 0 Å². The predicted molar refractivity (Wildman–Crippen MR) is 122 cm³/mol. The van der Waals surface area contributed by atoms with Crippen molar-refractivity contribution in [2.75, 3.05) is 0 Å². The lowest BCUT2D eigenvalue weighted by molar-refractivity contribution is -0.117. The third-order valence-electron chi connectivity index (χ3n) is 5.67. The van der Waals surface area contributed by atoms with Crippen LogP contribution in [0, 0.1) is 11.3 Å². The second-order valence-electron chi connectivity index (χ2n) is 7.91. The van der Waals surface area contributed by atoms with Crippen LogP contribution in [0.4, 0.5) is 0 Å². The van der Waals surface area contributed by atoms with Crippen molar-refractivity contribution in [2.24, 2.45) is 0 Å². The van der Waals surface area contributed by atoms with Crippen molar-refractivity contribution in [3.8, 4) is 23.0 Å². The standard InChI is InChI=1S/C26H26N4O/c27-18-21(26(31)28-23-13-7-1-2-8-14-23)17-22-19-30(24-15-9-4-10-16-24)29-25(22)20-11-5-3-6-12-20/h3-6,9-12,15-17,19,23H,1-2,7-8,13-14H2,(H,28,31)/b21-17+. The molecule has 156 valence electrons. The fraction of sp³-hybridized carbons (Fsp3) is 0.269. The molecule has 1 fully saturated rings. The summed E-state index contributed by atoms with van der Waals surface area (Å²) in [5.41, 5.74) is 3.43. The zero-order valence-corrected chi connectivity index (χ0v) is 17.5. The highest BCUT2D eigenvalue weighted by Gasteiger charge is 2.19. The topological polar surface area (TPSA) is 70.7 Å². The van der Waals surface area contributed by atoms with Gasteiger partial charge in [0, 0.05) is 23.4 Å². The van der Waals surface area contributed by atoms with E-state index in [9.17, 15) is 10.1 Å². The minimum Gasteiger partial charge on any atom is -0.349 e. The molecule has 1 aromatic heterocycles. The molecule has 5 nitrogen and oxygen atoms in total. The van der Waals surface area contributed by atoms with Gasteiger partial charge in [0.2, 0.25) is 0 Å². The third-order valence-corrected chi connectivity index (χ3v) is 5.67. The number of nitrogens with zero attached hydrogens (tertiary/aromatic N) is 3. The van der Waals surface area contributed by atoms with Crippen molar-refractivity contribution in [1.29, 1.82) is 5.26 Å². The molecule has 0 bridgehead atoms. The highest BCUT2D eigenvalue weighted by Crippen LogP contribution is 2.26. The summed E-state index contributed by atoms with van der Waals surface area (Å²) < 4.78 is 1.78. The van der Waals surface area contributed by atoms with Crippen molar-refractivity contribution in [3.05, 3.63) is 78.0 Å². The van der Waals surface area contributed by atoms with Gasteiger partial charge in [0.25, 0.3) is 5.91 Å². The summed E-state index contributed by atoms with van der Waals surface area (Å²) in [6.45, 7) is 0. The molecule has 0 unspecified atom stereocenters. The predicted octanol–water partition coefficient (Wildman–Crippen LogP) is 5.29. The van der Waals surface area contributed by atoms with Crippen molar-refractivity contribution in [2.45, 2.75) is 44.6 Å². The van der Waals surface area contributed by atoms with Gasteiger partial charge in [0.1, 0.15) is 11.6 Å². The number of carbonyl (C=O) groups excluding carboxylic acids is 1.